The smallest absolute Gasteiger partial charge is 0.353 e. The lowest BCUT2D eigenvalue weighted by atomic mass is 10.2. The number of hydrazone groups is 1. The summed E-state index contributed by atoms with van der Waals surface area (Å²) in [5, 5.41) is 8.06. The van der Waals surface area contributed by atoms with E-state index in [1.165, 1.54) is 17.6 Å². The van der Waals surface area contributed by atoms with Gasteiger partial charge in [-0.25, -0.2) is 10.2 Å². The number of para-hydroxylation sites is 1. The van der Waals surface area contributed by atoms with Crippen LogP contribution in [0.5, 0.6) is 5.75 Å². The highest BCUT2D eigenvalue weighted by atomic mass is 32.1. The standard InChI is InChI=1S/C21H17N3O4S/c25-19(22-13-15-7-2-1-3-8-15)20(26)24-23-14-16-9-4-5-10-17(16)28-21(27)18-11-6-12-29-18/h1-12,14H,13H2,(H,22,25)(H,24,26)/b23-14+. The van der Waals surface area contributed by atoms with E-state index in [0.29, 0.717) is 10.4 Å². The Bertz CT molecular complexity index is 1020. The molecule has 146 valence electrons. The Balaban J connectivity index is 1.55. The summed E-state index contributed by atoms with van der Waals surface area (Å²) in [6.45, 7) is 0.234. The molecular weight excluding hydrogens is 390 g/mol. The third-order valence-electron chi connectivity index (χ3n) is 3.72. The van der Waals surface area contributed by atoms with Crippen LogP contribution in [0.4, 0.5) is 0 Å². The van der Waals surface area contributed by atoms with Crippen molar-refractivity contribution in [3.8, 4) is 5.75 Å². The number of thiophene rings is 1. The predicted molar refractivity (Wildman–Crippen MR) is 110 cm³/mol. The molecule has 0 radical (unpaired) electrons. The van der Waals surface area contributed by atoms with Crippen molar-refractivity contribution >= 4 is 35.3 Å². The molecule has 0 aliphatic carbocycles. The minimum absolute atomic E-state index is 0.234. The van der Waals surface area contributed by atoms with Gasteiger partial charge in [-0.2, -0.15) is 5.10 Å². The van der Waals surface area contributed by atoms with Crippen LogP contribution in [0, 0.1) is 0 Å². The first-order valence-corrected chi connectivity index (χ1v) is 9.51. The van der Waals surface area contributed by atoms with E-state index < -0.39 is 17.8 Å². The highest BCUT2D eigenvalue weighted by molar-refractivity contribution is 7.12. The monoisotopic (exact) mass is 407 g/mol. The van der Waals surface area contributed by atoms with Crippen LogP contribution in [0.25, 0.3) is 0 Å². The normalized spacial score (nSPS) is 10.5. The lowest BCUT2D eigenvalue weighted by Crippen LogP contribution is -2.37. The van der Waals surface area contributed by atoms with Gasteiger partial charge in [-0.3, -0.25) is 9.59 Å². The van der Waals surface area contributed by atoms with Crippen LogP contribution in [-0.2, 0) is 16.1 Å². The van der Waals surface area contributed by atoms with E-state index in [4.69, 9.17) is 4.74 Å². The van der Waals surface area contributed by atoms with E-state index in [1.54, 1.807) is 41.8 Å². The molecule has 1 aromatic heterocycles. The lowest BCUT2D eigenvalue weighted by Gasteiger charge is -2.06. The minimum atomic E-state index is -0.898. The number of nitrogens with zero attached hydrogens (tertiary/aromatic N) is 1. The fraction of sp³-hybridized carbons (Fsp3) is 0.0476. The van der Waals surface area contributed by atoms with Gasteiger partial charge in [-0.15, -0.1) is 11.3 Å². The van der Waals surface area contributed by atoms with Crippen molar-refractivity contribution in [1.29, 1.82) is 0 Å². The van der Waals surface area contributed by atoms with Gasteiger partial charge in [0.25, 0.3) is 0 Å². The molecule has 7 nitrogen and oxygen atoms in total. The van der Waals surface area contributed by atoms with Gasteiger partial charge in [-0.05, 0) is 29.1 Å². The molecule has 2 amide bonds. The Kier molecular flexibility index (Phi) is 6.85. The maximum absolute atomic E-state index is 12.1. The third kappa shape index (κ3) is 5.85. The number of carbonyl (C=O) groups is 3. The number of ether oxygens (including phenoxy) is 1. The molecule has 2 N–H and O–H groups in total. The molecule has 0 unspecified atom stereocenters. The molecule has 0 aliphatic heterocycles. The Labute approximate surface area is 171 Å². The van der Waals surface area contributed by atoms with Crippen LogP contribution < -0.4 is 15.5 Å². The summed E-state index contributed by atoms with van der Waals surface area (Å²) >= 11 is 1.27. The Morgan fingerprint density at radius 2 is 1.69 bits per heavy atom. The Morgan fingerprint density at radius 3 is 2.45 bits per heavy atom. The van der Waals surface area contributed by atoms with E-state index in [9.17, 15) is 14.4 Å². The third-order valence-corrected chi connectivity index (χ3v) is 4.57. The molecule has 8 heteroatoms. The number of esters is 1. The number of carbonyl (C=O) groups excluding carboxylic acids is 3. The van der Waals surface area contributed by atoms with E-state index in [2.05, 4.69) is 15.8 Å². The number of amides is 2. The lowest BCUT2D eigenvalue weighted by molar-refractivity contribution is -0.139. The van der Waals surface area contributed by atoms with Crippen molar-refractivity contribution in [3.63, 3.8) is 0 Å². The largest absolute Gasteiger partial charge is 0.422 e. The zero-order valence-electron chi connectivity index (χ0n) is 15.2. The van der Waals surface area contributed by atoms with Gasteiger partial charge >= 0.3 is 17.8 Å². The summed E-state index contributed by atoms with van der Waals surface area (Å²) in [5.41, 5.74) is 3.50. The quantitative estimate of drug-likeness (QED) is 0.216. The molecule has 0 spiro atoms. The number of hydrogen-bond donors (Lipinski definition) is 2. The molecule has 0 fully saturated rings. The van der Waals surface area contributed by atoms with Crippen LogP contribution in [0.3, 0.4) is 0 Å². The molecule has 0 bridgehead atoms. The van der Waals surface area contributed by atoms with Crippen molar-refractivity contribution in [2.45, 2.75) is 6.54 Å². The summed E-state index contributed by atoms with van der Waals surface area (Å²) in [5.74, 6) is -1.89. The number of hydrogen-bond acceptors (Lipinski definition) is 6. The van der Waals surface area contributed by atoms with Gasteiger partial charge in [0.05, 0.1) is 6.21 Å². The molecule has 1 heterocycles. The predicted octanol–water partition coefficient (Wildman–Crippen LogP) is 2.73. The van der Waals surface area contributed by atoms with Gasteiger partial charge in [0.2, 0.25) is 0 Å². The summed E-state index contributed by atoms with van der Waals surface area (Å²) < 4.78 is 5.37. The molecule has 3 aromatic rings. The first kappa shape index (κ1) is 20.0. The average Bonchev–Trinajstić information content (AvgIpc) is 3.29. The minimum Gasteiger partial charge on any atom is -0.422 e. The first-order valence-electron chi connectivity index (χ1n) is 8.63. The van der Waals surface area contributed by atoms with Crippen molar-refractivity contribution in [2.75, 3.05) is 0 Å². The summed E-state index contributed by atoms with van der Waals surface area (Å²) in [6.07, 6.45) is 1.30. The summed E-state index contributed by atoms with van der Waals surface area (Å²) in [7, 11) is 0. The molecule has 0 atom stereocenters. The van der Waals surface area contributed by atoms with Crippen molar-refractivity contribution < 1.29 is 19.1 Å². The van der Waals surface area contributed by atoms with Crippen molar-refractivity contribution in [1.82, 2.24) is 10.7 Å². The highest BCUT2D eigenvalue weighted by Gasteiger charge is 2.13. The molecule has 0 saturated heterocycles. The van der Waals surface area contributed by atoms with Crippen LogP contribution in [0.15, 0.2) is 77.2 Å². The highest BCUT2D eigenvalue weighted by Crippen LogP contribution is 2.19. The zero-order chi connectivity index (χ0) is 20.5. The SMILES string of the molecule is O=C(NCc1ccccc1)C(=O)N/N=C/c1ccccc1OC(=O)c1cccs1. The molecule has 29 heavy (non-hydrogen) atoms. The van der Waals surface area contributed by atoms with Gasteiger partial charge in [0.1, 0.15) is 10.6 Å². The number of nitrogens with one attached hydrogen (secondary N) is 2. The van der Waals surface area contributed by atoms with Gasteiger partial charge in [0, 0.05) is 12.1 Å². The van der Waals surface area contributed by atoms with E-state index in [-0.39, 0.29) is 12.3 Å². The first-order chi connectivity index (χ1) is 14.1. The topological polar surface area (TPSA) is 96.9 Å². The number of benzene rings is 2. The zero-order valence-corrected chi connectivity index (χ0v) is 16.0. The maximum Gasteiger partial charge on any atom is 0.353 e. The van der Waals surface area contributed by atoms with E-state index in [1.807, 2.05) is 30.3 Å². The second-order valence-electron chi connectivity index (χ2n) is 5.77. The fourth-order valence-electron chi connectivity index (χ4n) is 2.29. The van der Waals surface area contributed by atoms with E-state index >= 15 is 0 Å². The van der Waals surface area contributed by atoms with Crippen LogP contribution in [-0.4, -0.2) is 24.0 Å². The van der Waals surface area contributed by atoms with Gasteiger partial charge < -0.3 is 10.1 Å². The van der Waals surface area contributed by atoms with Crippen LogP contribution >= 0.6 is 11.3 Å². The summed E-state index contributed by atoms with van der Waals surface area (Å²) in [6, 6.07) is 19.4. The fourth-order valence-corrected chi connectivity index (χ4v) is 2.89. The molecule has 0 saturated carbocycles. The second kappa shape index (κ2) is 9.95. The average molecular weight is 407 g/mol. The van der Waals surface area contributed by atoms with E-state index in [0.717, 1.165) is 5.56 Å². The Morgan fingerprint density at radius 1 is 0.931 bits per heavy atom. The van der Waals surface area contributed by atoms with Gasteiger partial charge in [0.15, 0.2) is 0 Å². The maximum atomic E-state index is 12.1. The molecule has 0 aliphatic rings. The van der Waals surface area contributed by atoms with Crippen molar-refractivity contribution in [2.24, 2.45) is 5.10 Å². The Hall–Kier alpha value is -3.78. The number of rotatable bonds is 6. The van der Waals surface area contributed by atoms with Crippen molar-refractivity contribution in [3.05, 3.63) is 88.1 Å². The molecule has 2 aromatic carbocycles. The van der Waals surface area contributed by atoms with Crippen LogP contribution in [0.1, 0.15) is 20.8 Å². The van der Waals surface area contributed by atoms with Gasteiger partial charge in [-0.1, -0.05) is 48.5 Å². The second-order valence-corrected chi connectivity index (χ2v) is 6.72. The molecule has 3 rings (SSSR count). The molecular formula is C21H17N3O4S. The van der Waals surface area contributed by atoms with Crippen LogP contribution in [0.2, 0.25) is 0 Å². The summed E-state index contributed by atoms with van der Waals surface area (Å²) in [4.78, 5) is 36.3.